The van der Waals surface area contributed by atoms with Gasteiger partial charge in [0.05, 0.1) is 12.1 Å². The van der Waals surface area contributed by atoms with Crippen LogP contribution in [0.25, 0.3) is 10.9 Å². The zero-order chi connectivity index (χ0) is 19.9. The Kier molecular flexibility index (Phi) is 5.91. The highest BCUT2D eigenvalue weighted by Crippen LogP contribution is 2.27. The van der Waals surface area contributed by atoms with Crippen molar-refractivity contribution in [1.29, 1.82) is 0 Å². The second-order valence-corrected chi connectivity index (χ2v) is 6.86. The molecule has 0 aliphatic heterocycles. The molecule has 3 aromatic carbocycles. The van der Waals surface area contributed by atoms with Gasteiger partial charge < -0.3 is 14.0 Å². The molecule has 0 radical (unpaired) electrons. The van der Waals surface area contributed by atoms with E-state index in [1.54, 1.807) is 0 Å². The predicted molar refractivity (Wildman–Crippen MR) is 114 cm³/mol. The molecule has 1 heterocycles. The molecular weight excluding hydrogens is 362 g/mol. The molecule has 0 fully saturated rings. The van der Waals surface area contributed by atoms with Gasteiger partial charge in [-0.3, -0.25) is 4.79 Å². The van der Waals surface area contributed by atoms with Crippen molar-refractivity contribution in [2.75, 3.05) is 6.61 Å². The summed E-state index contributed by atoms with van der Waals surface area (Å²) in [7, 11) is 0. The van der Waals surface area contributed by atoms with E-state index in [1.165, 1.54) is 0 Å². The first-order chi connectivity index (χ1) is 14.3. The zero-order valence-electron chi connectivity index (χ0n) is 16.2. The average molecular weight is 385 g/mol. The van der Waals surface area contributed by atoms with Crippen LogP contribution >= 0.6 is 0 Å². The molecule has 4 nitrogen and oxygen atoms in total. The van der Waals surface area contributed by atoms with Crippen molar-refractivity contribution in [2.24, 2.45) is 0 Å². The summed E-state index contributed by atoms with van der Waals surface area (Å²) in [5, 5.41) is 0.987. The molecule has 0 unspecified atom stereocenters. The van der Waals surface area contributed by atoms with Crippen molar-refractivity contribution in [3.05, 3.63) is 102 Å². The molecule has 0 atom stereocenters. The van der Waals surface area contributed by atoms with E-state index in [2.05, 4.69) is 0 Å². The van der Waals surface area contributed by atoms with E-state index in [0.717, 1.165) is 34.2 Å². The number of ether oxygens (including phenoxy) is 2. The monoisotopic (exact) mass is 385 g/mol. The molecular formula is C25H23NO3. The van der Waals surface area contributed by atoms with Crippen LogP contribution in [0.15, 0.2) is 91.1 Å². The third kappa shape index (κ3) is 4.85. The predicted octanol–water partition coefficient (Wildman–Crippen LogP) is 5.01. The average Bonchev–Trinajstić information content (AvgIpc) is 3.17. The molecule has 0 saturated carbocycles. The van der Waals surface area contributed by atoms with Crippen LogP contribution in [0, 0.1) is 0 Å². The first-order valence-electron chi connectivity index (χ1n) is 9.74. The standard InChI is InChI=1S/C25H23NO3/c27-25(28-17-15-20-8-3-1-4-9-20)18-26-16-14-22-23(26)12-7-13-24(22)29-19-21-10-5-2-6-11-21/h1-14,16H,15,17-19H2. The van der Waals surface area contributed by atoms with Gasteiger partial charge in [-0.05, 0) is 29.3 Å². The van der Waals surface area contributed by atoms with Crippen LogP contribution in [0.3, 0.4) is 0 Å². The van der Waals surface area contributed by atoms with Gasteiger partial charge in [-0.2, -0.15) is 0 Å². The Hall–Kier alpha value is -3.53. The fourth-order valence-electron chi connectivity index (χ4n) is 3.31. The number of fused-ring (bicyclic) bond motifs is 1. The maximum Gasteiger partial charge on any atom is 0.325 e. The van der Waals surface area contributed by atoms with Crippen molar-refractivity contribution >= 4 is 16.9 Å². The normalized spacial score (nSPS) is 10.8. The fraction of sp³-hybridized carbons (Fsp3) is 0.160. The van der Waals surface area contributed by atoms with Gasteiger partial charge >= 0.3 is 5.97 Å². The molecule has 146 valence electrons. The first-order valence-corrected chi connectivity index (χ1v) is 9.74. The number of carbonyl (C=O) groups excluding carboxylic acids is 1. The van der Waals surface area contributed by atoms with Crippen molar-refractivity contribution in [1.82, 2.24) is 4.57 Å². The largest absolute Gasteiger partial charge is 0.488 e. The molecule has 4 heteroatoms. The summed E-state index contributed by atoms with van der Waals surface area (Å²) >= 11 is 0. The lowest BCUT2D eigenvalue weighted by Gasteiger charge is -2.09. The highest BCUT2D eigenvalue weighted by atomic mass is 16.5. The number of aromatic nitrogens is 1. The Balaban J connectivity index is 1.37. The van der Waals surface area contributed by atoms with E-state index < -0.39 is 0 Å². The van der Waals surface area contributed by atoms with E-state index in [9.17, 15) is 4.79 Å². The molecule has 29 heavy (non-hydrogen) atoms. The van der Waals surface area contributed by atoms with E-state index >= 15 is 0 Å². The minimum Gasteiger partial charge on any atom is -0.488 e. The van der Waals surface area contributed by atoms with Crippen molar-refractivity contribution in [2.45, 2.75) is 19.6 Å². The van der Waals surface area contributed by atoms with Crippen LogP contribution in [-0.2, 0) is 29.1 Å². The quantitative estimate of drug-likeness (QED) is 0.401. The maximum absolute atomic E-state index is 12.3. The minimum absolute atomic E-state index is 0.181. The lowest BCUT2D eigenvalue weighted by atomic mass is 10.2. The minimum atomic E-state index is -0.242. The zero-order valence-corrected chi connectivity index (χ0v) is 16.2. The molecule has 0 saturated heterocycles. The maximum atomic E-state index is 12.3. The van der Waals surface area contributed by atoms with Gasteiger partial charge in [-0.25, -0.2) is 0 Å². The van der Waals surface area contributed by atoms with Gasteiger partial charge in [0, 0.05) is 18.0 Å². The Morgan fingerprint density at radius 1 is 0.793 bits per heavy atom. The van der Waals surface area contributed by atoms with E-state index in [-0.39, 0.29) is 12.5 Å². The Morgan fingerprint density at radius 2 is 1.52 bits per heavy atom. The third-order valence-electron chi connectivity index (χ3n) is 4.81. The molecule has 0 amide bonds. The molecule has 4 aromatic rings. The summed E-state index contributed by atoms with van der Waals surface area (Å²) in [5.41, 5.74) is 3.23. The van der Waals surface area contributed by atoms with Gasteiger partial charge in [0.15, 0.2) is 0 Å². The topological polar surface area (TPSA) is 40.5 Å². The number of hydrogen-bond acceptors (Lipinski definition) is 3. The van der Waals surface area contributed by atoms with Gasteiger partial charge in [0.2, 0.25) is 0 Å². The van der Waals surface area contributed by atoms with E-state index in [4.69, 9.17) is 9.47 Å². The van der Waals surface area contributed by atoms with E-state index in [1.807, 2.05) is 95.7 Å². The Labute approximate surface area is 170 Å². The van der Waals surface area contributed by atoms with Crippen LogP contribution in [0.1, 0.15) is 11.1 Å². The number of benzene rings is 3. The van der Waals surface area contributed by atoms with Crippen molar-refractivity contribution in [3.63, 3.8) is 0 Å². The van der Waals surface area contributed by atoms with Gasteiger partial charge in [0.1, 0.15) is 18.9 Å². The lowest BCUT2D eigenvalue weighted by Crippen LogP contribution is -2.14. The van der Waals surface area contributed by atoms with E-state index in [0.29, 0.717) is 13.2 Å². The molecule has 0 aliphatic carbocycles. The second kappa shape index (κ2) is 9.11. The highest BCUT2D eigenvalue weighted by molar-refractivity contribution is 5.87. The van der Waals surface area contributed by atoms with Crippen LogP contribution in [0.5, 0.6) is 5.75 Å². The number of hydrogen-bond donors (Lipinski definition) is 0. The van der Waals surface area contributed by atoms with Crippen LogP contribution in [0.4, 0.5) is 0 Å². The molecule has 1 aromatic heterocycles. The van der Waals surface area contributed by atoms with Crippen LogP contribution in [0.2, 0.25) is 0 Å². The number of carbonyl (C=O) groups is 1. The third-order valence-corrected chi connectivity index (χ3v) is 4.81. The number of esters is 1. The summed E-state index contributed by atoms with van der Waals surface area (Å²) < 4.78 is 13.3. The van der Waals surface area contributed by atoms with Gasteiger partial charge in [0.25, 0.3) is 0 Å². The highest BCUT2D eigenvalue weighted by Gasteiger charge is 2.10. The fourth-order valence-corrected chi connectivity index (χ4v) is 3.31. The number of rotatable bonds is 8. The summed E-state index contributed by atoms with van der Waals surface area (Å²) in [5.74, 6) is 0.566. The van der Waals surface area contributed by atoms with Crippen molar-refractivity contribution < 1.29 is 14.3 Å². The second-order valence-electron chi connectivity index (χ2n) is 6.86. The number of nitrogens with zero attached hydrogens (tertiary/aromatic N) is 1. The Morgan fingerprint density at radius 3 is 2.28 bits per heavy atom. The van der Waals surface area contributed by atoms with Gasteiger partial charge in [-0.1, -0.05) is 66.7 Å². The molecule has 0 bridgehead atoms. The van der Waals surface area contributed by atoms with Crippen LogP contribution in [-0.4, -0.2) is 17.1 Å². The molecule has 0 N–H and O–H groups in total. The lowest BCUT2D eigenvalue weighted by molar-refractivity contribution is -0.144. The van der Waals surface area contributed by atoms with Crippen molar-refractivity contribution in [3.8, 4) is 5.75 Å². The van der Waals surface area contributed by atoms with Gasteiger partial charge in [-0.15, -0.1) is 0 Å². The molecule has 0 aliphatic rings. The Bertz CT molecular complexity index is 1070. The van der Waals surface area contributed by atoms with Crippen LogP contribution < -0.4 is 4.74 Å². The summed E-state index contributed by atoms with van der Waals surface area (Å²) in [6.45, 7) is 1.07. The summed E-state index contributed by atoms with van der Waals surface area (Å²) in [4.78, 5) is 12.3. The molecule has 0 spiro atoms. The summed E-state index contributed by atoms with van der Waals surface area (Å²) in [6.07, 6.45) is 2.62. The summed E-state index contributed by atoms with van der Waals surface area (Å²) in [6, 6.07) is 27.9. The first kappa shape index (κ1) is 18.8. The SMILES string of the molecule is O=C(Cn1ccc2c(OCc3ccccc3)cccc21)OCCc1ccccc1. The smallest absolute Gasteiger partial charge is 0.325 e. The molecule has 4 rings (SSSR count).